The highest BCUT2D eigenvalue weighted by molar-refractivity contribution is 6.33. The van der Waals surface area contributed by atoms with E-state index in [1.165, 1.54) is 17.1 Å². The van der Waals surface area contributed by atoms with E-state index in [2.05, 4.69) is 0 Å². The predicted octanol–water partition coefficient (Wildman–Crippen LogP) is 1.89. The monoisotopic (exact) mass is 320 g/mol. The molecule has 6 heteroatoms. The van der Waals surface area contributed by atoms with E-state index >= 15 is 0 Å². The fourth-order valence-electron chi connectivity index (χ4n) is 3.25. The van der Waals surface area contributed by atoms with Gasteiger partial charge in [-0.2, -0.15) is 0 Å². The largest absolute Gasteiger partial charge is 0.275 e. The van der Waals surface area contributed by atoms with Gasteiger partial charge in [-0.1, -0.05) is 12.1 Å². The molecule has 6 nitrogen and oxygen atoms in total. The SMILES string of the molecule is CCN1C(=O)c2cccc3c(N4C(=O)C=CC4=O)ccc(c23)C1=O. The molecule has 0 atom stereocenters. The maximum Gasteiger partial charge on any atom is 0.261 e. The summed E-state index contributed by atoms with van der Waals surface area (Å²) in [6.07, 6.45) is 2.40. The maximum absolute atomic E-state index is 12.6. The summed E-state index contributed by atoms with van der Waals surface area (Å²) >= 11 is 0. The van der Waals surface area contributed by atoms with Gasteiger partial charge in [0.15, 0.2) is 0 Å². The van der Waals surface area contributed by atoms with Crippen LogP contribution in [0.1, 0.15) is 27.6 Å². The van der Waals surface area contributed by atoms with Crippen LogP contribution in [0.2, 0.25) is 0 Å². The smallest absolute Gasteiger partial charge is 0.261 e. The third kappa shape index (κ3) is 1.70. The van der Waals surface area contributed by atoms with Crippen molar-refractivity contribution in [2.45, 2.75) is 6.92 Å². The predicted molar refractivity (Wildman–Crippen MR) is 86.6 cm³/mol. The van der Waals surface area contributed by atoms with Gasteiger partial charge in [0.05, 0.1) is 5.69 Å². The molecule has 2 aromatic rings. The Bertz CT molecular complexity index is 950. The van der Waals surface area contributed by atoms with Gasteiger partial charge >= 0.3 is 0 Å². The van der Waals surface area contributed by atoms with Crippen molar-refractivity contribution < 1.29 is 19.2 Å². The van der Waals surface area contributed by atoms with Crippen molar-refractivity contribution in [3.05, 3.63) is 53.6 Å². The van der Waals surface area contributed by atoms with E-state index in [9.17, 15) is 19.2 Å². The molecule has 0 unspecified atom stereocenters. The molecule has 0 fully saturated rings. The highest BCUT2D eigenvalue weighted by Gasteiger charge is 2.34. The summed E-state index contributed by atoms with van der Waals surface area (Å²) < 4.78 is 0. The average Bonchev–Trinajstić information content (AvgIpc) is 2.91. The molecule has 0 aromatic heterocycles. The van der Waals surface area contributed by atoms with Crippen molar-refractivity contribution in [3.8, 4) is 0 Å². The van der Waals surface area contributed by atoms with Crippen LogP contribution in [0.4, 0.5) is 5.69 Å². The Labute approximate surface area is 136 Å². The lowest BCUT2D eigenvalue weighted by Crippen LogP contribution is -2.40. The quantitative estimate of drug-likeness (QED) is 0.792. The zero-order valence-corrected chi connectivity index (χ0v) is 12.8. The lowest BCUT2D eigenvalue weighted by Gasteiger charge is -2.27. The summed E-state index contributed by atoms with van der Waals surface area (Å²) in [5.41, 5.74) is 1.18. The molecule has 0 spiro atoms. The molecular weight excluding hydrogens is 308 g/mol. The summed E-state index contributed by atoms with van der Waals surface area (Å²) in [5, 5.41) is 1.02. The van der Waals surface area contributed by atoms with E-state index in [0.717, 1.165) is 4.90 Å². The fourth-order valence-corrected chi connectivity index (χ4v) is 3.25. The second-order valence-corrected chi connectivity index (χ2v) is 5.56. The molecule has 2 heterocycles. The Hall–Kier alpha value is -3.28. The average molecular weight is 320 g/mol. The molecule has 4 amide bonds. The standard InChI is InChI=1S/C18H12N2O4/c1-2-19-17(23)11-5-3-4-10-13(20-14(21)8-9-15(20)22)7-6-12(16(10)11)18(19)24/h3-9H,2H2,1H3. The summed E-state index contributed by atoms with van der Waals surface area (Å²) in [7, 11) is 0. The van der Waals surface area contributed by atoms with Gasteiger partial charge in [0, 0.05) is 40.6 Å². The van der Waals surface area contributed by atoms with Gasteiger partial charge < -0.3 is 0 Å². The molecule has 0 saturated carbocycles. The molecule has 2 aromatic carbocycles. The molecule has 2 aliphatic rings. The van der Waals surface area contributed by atoms with E-state index in [-0.39, 0.29) is 18.4 Å². The van der Waals surface area contributed by atoms with Crippen LogP contribution in [0.15, 0.2) is 42.5 Å². The highest BCUT2D eigenvalue weighted by Crippen LogP contribution is 2.36. The topological polar surface area (TPSA) is 74.8 Å². The summed E-state index contributed by atoms with van der Waals surface area (Å²) in [6, 6.07) is 8.19. The Balaban J connectivity index is 2.03. The fraction of sp³-hybridized carbons (Fsp3) is 0.111. The van der Waals surface area contributed by atoms with Gasteiger partial charge in [0.2, 0.25) is 0 Å². The van der Waals surface area contributed by atoms with Crippen LogP contribution < -0.4 is 4.90 Å². The lowest BCUT2D eigenvalue weighted by molar-refractivity contribution is -0.119. The van der Waals surface area contributed by atoms with Crippen molar-refractivity contribution in [3.63, 3.8) is 0 Å². The number of hydrogen-bond acceptors (Lipinski definition) is 4. The zero-order chi connectivity index (χ0) is 17.0. The van der Waals surface area contributed by atoms with Gasteiger partial charge in [-0.15, -0.1) is 0 Å². The second kappa shape index (κ2) is 4.86. The van der Waals surface area contributed by atoms with Crippen molar-refractivity contribution in [1.82, 2.24) is 4.90 Å². The molecule has 0 bridgehead atoms. The molecule has 0 N–H and O–H groups in total. The third-order valence-corrected chi connectivity index (χ3v) is 4.34. The first-order chi connectivity index (χ1) is 11.5. The first-order valence-electron chi connectivity index (χ1n) is 7.52. The van der Waals surface area contributed by atoms with E-state index in [0.29, 0.717) is 27.6 Å². The first kappa shape index (κ1) is 14.3. The summed E-state index contributed by atoms with van der Waals surface area (Å²) in [5.74, 6) is -1.61. The number of anilines is 1. The van der Waals surface area contributed by atoms with Gasteiger partial charge in [0.25, 0.3) is 23.6 Å². The highest BCUT2D eigenvalue weighted by atomic mass is 16.2. The number of carbonyl (C=O) groups is 4. The molecular formula is C18H12N2O4. The van der Waals surface area contributed by atoms with E-state index in [1.54, 1.807) is 37.3 Å². The molecule has 0 radical (unpaired) electrons. The number of rotatable bonds is 2. The van der Waals surface area contributed by atoms with Crippen LogP contribution in [0.5, 0.6) is 0 Å². The van der Waals surface area contributed by atoms with Gasteiger partial charge in [-0.3, -0.25) is 24.1 Å². The molecule has 4 rings (SSSR count). The Kier molecular flexibility index (Phi) is 2.90. The molecule has 0 saturated heterocycles. The van der Waals surface area contributed by atoms with Crippen LogP contribution >= 0.6 is 0 Å². The summed E-state index contributed by atoms with van der Waals surface area (Å²) in [4.78, 5) is 51.3. The molecule has 2 aliphatic heterocycles. The Morgan fingerprint density at radius 3 is 2.08 bits per heavy atom. The number of nitrogens with zero attached hydrogens (tertiary/aromatic N) is 2. The van der Waals surface area contributed by atoms with E-state index < -0.39 is 11.8 Å². The second-order valence-electron chi connectivity index (χ2n) is 5.56. The number of imide groups is 2. The molecule has 0 aliphatic carbocycles. The minimum absolute atomic E-state index is 0.280. The van der Waals surface area contributed by atoms with Crippen molar-refractivity contribution in [2.75, 3.05) is 11.4 Å². The van der Waals surface area contributed by atoms with E-state index in [1.807, 2.05) is 0 Å². The minimum Gasteiger partial charge on any atom is -0.275 e. The van der Waals surface area contributed by atoms with Crippen molar-refractivity contribution >= 4 is 40.1 Å². The van der Waals surface area contributed by atoms with Crippen LogP contribution in [0.3, 0.4) is 0 Å². The van der Waals surface area contributed by atoms with Crippen LogP contribution in [-0.4, -0.2) is 35.1 Å². The zero-order valence-electron chi connectivity index (χ0n) is 12.8. The van der Waals surface area contributed by atoms with Crippen molar-refractivity contribution in [2.24, 2.45) is 0 Å². The van der Waals surface area contributed by atoms with Crippen LogP contribution in [0, 0.1) is 0 Å². The van der Waals surface area contributed by atoms with Gasteiger partial charge in [0.1, 0.15) is 0 Å². The lowest BCUT2D eigenvalue weighted by atomic mass is 9.92. The Morgan fingerprint density at radius 2 is 1.46 bits per heavy atom. The third-order valence-electron chi connectivity index (χ3n) is 4.34. The minimum atomic E-state index is -0.440. The maximum atomic E-state index is 12.6. The number of carbonyl (C=O) groups excluding carboxylic acids is 4. The molecule has 118 valence electrons. The van der Waals surface area contributed by atoms with Gasteiger partial charge in [-0.25, -0.2) is 4.90 Å². The van der Waals surface area contributed by atoms with Crippen molar-refractivity contribution in [1.29, 1.82) is 0 Å². The van der Waals surface area contributed by atoms with Crippen LogP contribution in [0.25, 0.3) is 10.8 Å². The summed E-state index contributed by atoms with van der Waals surface area (Å²) in [6.45, 7) is 2.02. The Morgan fingerprint density at radius 1 is 0.833 bits per heavy atom. The normalized spacial score (nSPS) is 16.7. The number of hydrogen-bond donors (Lipinski definition) is 0. The molecule has 24 heavy (non-hydrogen) atoms. The van der Waals surface area contributed by atoms with E-state index in [4.69, 9.17) is 0 Å². The van der Waals surface area contributed by atoms with Gasteiger partial charge in [-0.05, 0) is 25.1 Å². The number of benzene rings is 2. The number of amides is 4. The first-order valence-corrected chi connectivity index (χ1v) is 7.52. The van der Waals surface area contributed by atoms with Crippen LogP contribution in [-0.2, 0) is 9.59 Å².